The molecule has 0 bridgehead atoms. The highest BCUT2D eigenvalue weighted by atomic mass is 16.5. The van der Waals surface area contributed by atoms with Crippen molar-refractivity contribution < 1.29 is 9.53 Å². The van der Waals surface area contributed by atoms with E-state index in [9.17, 15) is 4.79 Å². The van der Waals surface area contributed by atoms with Crippen LogP contribution in [0.25, 0.3) is 0 Å². The van der Waals surface area contributed by atoms with Gasteiger partial charge < -0.3 is 21.1 Å². The van der Waals surface area contributed by atoms with E-state index in [2.05, 4.69) is 32.3 Å². The number of aromatic nitrogens is 2. The number of methoxy groups -OCH3 is 1. The largest absolute Gasteiger partial charge is 0.469 e. The van der Waals surface area contributed by atoms with Crippen molar-refractivity contribution in [3.8, 4) is 0 Å². The lowest BCUT2D eigenvalue weighted by Gasteiger charge is -2.08. The van der Waals surface area contributed by atoms with Crippen LogP contribution in [0.2, 0.25) is 0 Å². The maximum atomic E-state index is 10.9. The van der Waals surface area contributed by atoms with Gasteiger partial charge in [-0.05, 0) is 6.42 Å². The summed E-state index contributed by atoms with van der Waals surface area (Å²) in [7, 11) is 1.36. The van der Waals surface area contributed by atoms with Gasteiger partial charge in [0.15, 0.2) is 0 Å². The molecule has 7 nitrogen and oxygen atoms in total. The number of nitrogens with one attached hydrogen (secondary N) is 2. The van der Waals surface area contributed by atoms with Gasteiger partial charge in [-0.2, -0.15) is 9.97 Å². The van der Waals surface area contributed by atoms with Crippen molar-refractivity contribution in [2.45, 2.75) is 19.8 Å². The van der Waals surface area contributed by atoms with Gasteiger partial charge in [0.1, 0.15) is 11.6 Å². The third-order valence-corrected chi connectivity index (χ3v) is 2.16. The zero-order valence-electron chi connectivity index (χ0n) is 10.7. The Bertz CT molecular complexity index is 397. The van der Waals surface area contributed by atoms with Gasteiger partial charge in [0.25, 0.3) is 0 Å². The highest BCUT2D eigenvalue weighted by Crippen LogP contribution is 2.12. The Hall–Kier alpha value is -2.05. The van der Waals surface area contributed by atoms with Gasteiger partial charge in [0.05, 0.1) is 13.5 Å². The average molecular weight is 253 g/mol. The normalized spacial score (nSPS) is 9.89. The van der Waals surface area contributed by atoms with Crippen LogP contribution in [0.1, 0.15) is 19.8 Å². The van der Waals surface area contributed by atoms with Gasteiger partial charge in [-0.15, -0.1) is 0 Å². The van der Waals surface area contributed by atoms with Crippen molar-refractivity contribution in [2.75, 3.05) is 36.6 Å². The highest BCUT2D eigenvalue weighted by molar-refractivity contribution is 5.69. The first-order valence-electron chi connectivity index (χ1n) is 5.84. The molecule has 0 amide bonds. The number of carbonyl (C=O) groups excluding carboxylic acids is 1. The summed E-state index contributed by atoms with van der Waals surface area (Å²) in [5.74, 6) is 1.18. The molecule has 1 aromatic rings. The summed E-state index contributed by atoms with van der Waals surface area (Å²) in [4.78, 5) is 19.0. The predicted octanol–water partition coefficient (Wildman–Crippen LogP) is 0.856. The van der Waals surface area contributed by atoms with E-state index in [1.807, 2.05) is 0 Å². The standard InChI is InChI=1S/C11H19N5O2/c1-3-5-13-8-7-9(16-11(12)15-8)14-6-4-10(17)18-2/h7H,3-6H2,1-2H3,(H4,12,13,14,15,16). The predicted molar refractivity (Wildman–Crippen MR) is 70.3 cm³/mol. The number of esters is 1. The van der Waals surface area contributed by atoms with Crippen LogP contribution in [-0.4, -0.2) is 36.1 Å². The van der Waals surface area contributed by atoms with Crippen LogP contribution in [0.15, 0.2) is 6.07 Å². The van der Waals surface area contributed by atoms with Crippen LogP contribution >= 0.6 is 0 Å². The molecule has 18 heavy (non-hydrogen) atoms. The Morgan fingerprint density at radius 2 is 1.94 bits per heavy atom. The van der Waals surface area contributed by atoms with Crippen molar-refractivity contribution in [1.82, 2.24) is 9.97 Å². The second kappa shape index (κ2) is 7.31. The maximum Gasteiger partial charge on any atom is 0.307 e. The number of hydrogen-bond acceptors (Lipinski definition) is 7. The summed E-state index contributed by atoms with van der Waals surface area (Å²) in [6, 6.07) is 1.75. The summed E-state index contributed by atoms with van der Waals surface area (Å²) in [6.45, 7) is 3.32. The highest BCUT2D eigenvalue weighted by Gasteiger charge is 2.03. The molecule has 0 atom stereocenters. The molecule has 100 valence electrons. The van der Waals surface area contributed by atoms with Gasteiger partial charge in [-0.1, -0.05) is 6.92 Å². The van der Waals surface area contributed by atoms with Gasteiger partial charge in [0, 0.05) is 19.2 Å². The number of nitrogens with two attached hydrogens (primary N) is 1. The number of rotatable bonds is 7. The Morgan fingerprint density at radius 3 is 2.50 bits per heavy atom. The van der Waals surface area contributed by atoms with Crippen LogP contribution in [0, 0.1) is 0 Å². The quantitative estimate of drug-likeness (QED) is 0.619. The van der Waals surface area contributed by atoms with Crippen molar-refractivity contribution in [1.29, 1.82) is 0 Å². The lowest BCUT2D eigenvalue weighted by molar-refractivity contribution is -0.140. The van der Waals surface area contributed by atoms with Crippen LogP contribution in [0.5, 0.6) is 0 Å². The molecule has 7 heteroatoms. The minimum atomic E-state index is -0.270. The minimum Gasteiger partial charge on any atom is -0.469 e. The fourth-order valence-corrected chi connectivity index (χ4v) is 1.29. The number of carbonyl (C=O) groups is 1. The second-order valence-corrected chi connectivity index (χ2v) is 3.68. The van der Waals surface area contributed by atoms with Crippen LogP contribution < -0.4 is 16.4 Å². The zero-order chi connectivity index (χ0) is 13.4. The first kappa shape index (κ1) is 14.0. The van der Waals surface area contributed by atoms with Gasteiger partial charge in [-0.25, -0.2) is 0 Å². The molecule has 4 N–H and O–H groups in total. The fraction of sp³-hybridized carbons (Fsp3) is 0.545. The summed E-state index contributed by atoms with van der Waals surface area (Å²) in [5.41, 5.74) is 5.59. The molecule has 0 saturated carbocycles. The molecule has 1 heterocycles. The summed E-state index contributed by atoms with van der Waals surface area (Å²) >= 11 is 0. The van der Waals surface area contributed by atoms with E-state index in [0.29, 0.717) is 18.2 Å². The average Bonchev–Trinajstić information content (AvgIpc) is 2.35. The van der Waals surface area contributed by atoms with Crippen LogP contribution in [0.4, 0.5) is 17.6 Å². The monoisotopic (exact) mass is 253 g/mol. The molecule has 0 fully saturated rings. The Balaban J connectivity index is 2.54. The molecule has 0 spiro atoms. The summed E-state index contributed by atoms with van der Waals surface area (Å²) in [6.07, 6.45) is 1.27. The third kappa shape index (κ3) is 4.86. The SMILES string of the molecule is CCCNc1cc(NCCC(=O)OC)nc(N)n1. The van der Waals surface area contributed by atoms with E-state index in [0.717, 1.165) is 13.0 Å². The smallest absolute Gasteiger partial charge is 0.307 e. The first-order valence-corrected chi connectivity index (χ1v) is 5.84. The van der Waals surface area contributed by atoms with E-state index >= 15 is 0 Å². The molecular formula is C11H19N5O2. The molecule has 0 aliphatic rings. The minimum absolute atomic E-state index is 0.191. The van der Waals surface area contributed by atoms with E-state index in [1.54, 1.807) is 6.07 Å². The van der Waals surface area contributed by atoms with E-state index in [1.165, 1.54) is 7.11 Å². The Labute approximate surface area is 106 Å². The Kier molecular flexibility index (Phi) is 5.69. The molecular weight excluding hydrogens is 234 g/mol. The van der Waals surface area contributed by atoms with Crippen molar-refractivity contribution in [3.05, 3.63) is 6.07 Å². The van der Waals surface area contributed by atoms with Gasteiger partial charge >= 0.3 is 5.97 Å². The van der Waals surface area contributed by atoms with Crippen molar-refractivity contribution in [3.63, 3.8) is 0 Å². The molecule has 1 rings (SSSR count). The zero-order valence-corrected chi connectivity index (χ0v) is 10.7. The maximum absolute atomic E-state index is 10.9. The van der Waals surface area contributed by atoms with Crippen molar-refractivity contribution >= 4 is 23.6 Å². The van der Waals surface area contributed by atoms with Crippen LogP contribution in [0.3, 0.4) is 0 Å². The van der Waals surface area contributed by atoms with Gasteiger partial charge in [0.2, 0.25) is 5.95 Å². The molecule has 0 radical (unpaired) electrons. The van der Waals surface area contributed by atoms with E-state index in [4.69, 9.17) is 5.73 Å². The molecule has 0 unspecified atom stereocenters. The van der Waals surface area contributed by atoms with E-state index in [-0.39, 0.29) is 18.3 Å². The number of anilines is 3. The fourth-order valence-electron chi connectivity index (χ4n) is 1.29. The summed E-state index contributed by atoms with van der Waals surface area (Å²) in [5, 5.41) is 6.12. The molecule has 0 aliphatic heterocycles. The van der Waals surface area contributed by atoms with Crippen LogP contribution in [-0.2, 0) is 9.53 Å². The number of nitrogen functional groups attached to an aromatic ring is 1. The second-order valence-electron chi connectivity index (χ2n) is 3.68. The number of nitrogens with zero attached hydrogens (tertiary/aromatic N) is 2. The first-order chi connectivity index (χ1) is 8.65. The summed E-state index contributed by atoms with van der Waals surface area (Å²) < 4.78 is 4.54. The molecule has 0 aromatic carbocycles. The van der Waals surface area contributed by atoms with Crippen molar-refractivity contribution in [2.24, 2.45) is 0 Å². The van der Waals surface area contributed by atoms with Gasteiger partial charge in [-0.3, -0.25) is 4.79 Å². The third-order valence-electron chi connectivity index (χ3n) is 2.16. The lowest BCUT2D eigenvalue weighted by Crippen LogP contribution is -2.12. The number of hydrogen-bond donors (Lipinski definition) is 3. The molecule has 0 aliphatic carbocycles. The molecule has 1 aromatic heterocycles. The topological polar surface area (TPSA) is 102 Å². The lowest BCUT2D eigenvalue weighted by atomic mass is 10.4. The van der Waals surface area contributed by atoms with E-state index < -0.39 is 0 Å². The molecule has 0 saturated heterocycles. The number of ether oxygens (including phenoxy) is 1. The Morgan fingerprint density at radius 1 is 1.33 bits per heavy atom.